The highest BCUT2D eigenvalue weighted by atomic mass is 32.1. The maximum Gasteiger partial charge on any atom is 0.322 e. The summed E-state index contributed by atoms with van der Waals surface area (Å²) in [6.07, 6.45) is 3.35. The summed E-state index contributed by atoms with van der Waals surface area (Å²) in [5.41, 5.74) is 1.92. The van der Waals surface area contributed by atoms with Crippen LogP contribution < -0.4 is 15.4 Å². The Morgan fingerprint density at radius 1 is 1.09 bits per heavy atom. The molecule has 0 unspecified atom stereocenters. The van der Waals surface area contributed by atoms with Crippen molar-refractivity contribution >= 4 is 29.0 Å². The maximum atomic E-state index is 12.8. The number of nitrogens with one attached hydrogen (secondary N) is 2. The molecule has 3 amide bonds. The van der Waals surface area contributed by atoms with Crippen LogP contribution in [0.3, 0.4) is 0 Å². The van der Waals surface area contributed by atoms with Gasteiger partial charge in [-0.3, -0.25) is 9.78 Å². The van der Waals surface area contributed by atoms with E-state index in [2.05, 4.69) is 20.6 Å². The first-order valence-corrected chi connectivity index (χ1v) is 10.8. The Bertz CT molecular complexity index is 1010. The van der Waals surface area contributed by atoms with Crippen LogP contribution >= 0.6 is 11.3 Å². The number of benzene rings is 1. The molecule has 0 saturated heterocycles. The van der Waals surface area contributed by atoms with Crippen LogP contribution in [-0.2, 0) is 17.8 Å². The molecule has 0 aliphatic heterocycles. The number of nitrogens with zero attached hydrogens (tertiary/aromatic N) is 3. The average Bonchev–Trinajstić information content (AvgIpc) is 3.30. The van der Waals surface area contributed by atoms with Crippen LogP contribution in [0.5, 0.6) is 5.75 Å². The first-order chi connectivity index (χ1) is 15.6. The van der Waals surface area contributed by atoms with Gasteiger partial charge < -0.3 is 25.0 Å². The molecule has 3 aromatic rings. The number of pyridine rings is 1. The van der Waals surface area contributed by atoms with Crippen LogP contribution in [0, 0.1) is 0 Å². The van der Waals surface area contributed by atoms with E-state index in [0.29, 0.717) is 41.8 Å². The van der Waals surface area contributed by atoms with Crippen LogP contribution in [0.25, 0.3) is 0 Å². The molecule has 10 heteroatoms. The second-order valence-electron chi connectivity index (χ2n) is 6.74. The molecule has 1 aromatic carbocycles. The van der Waals surface area contributed by atoms with Gasteiger partial charge in [0.2, 0.25) is 0 Å². The second kappa shape index (κ2) is 11.8. The van der Waals surface area contributed by atoms with Crippen molar-refractivity contribution in [2.75, 3.05) is 32.7 Å². The average molecular weight is 456 g/mol. The SMILES string of the molecule is COCCN(Cc1nc(C(=O)NCc2ccncc2)cs1)C(=O)Nc1ccc(OC)cc1. The number of hydrogen-bond acceptors (Lipinski definition) is 7. The van der Waals surface area contributed by atoms with Crippen LogP contribution in [-0.4, -0.2) is 54.2 Å². The molecule has 0 fully saturated rings. The van der Waals surface area contributed by atoms with Crippen molar-refractivity contribution in [2.45, 2.75) is 13.1 Å². The summed E-state index contributed by atoms with van der Waals surface area (Å²) in [6, 6.07) is 10.5. The number of carbonyl (C=O) groups excluding carboxylic acids is 2. The van der Waals surface area contributed by atoms with Gasteiger partial charge in [0.25, 0.3) is 5.91 Å². The van der Waals surface area contributed by atoms with Gasteiger partial charge >= 0.3 is 6.03 Å². The minimum Gasteiger partial charge on any atom is -0.497 e. The van der Waals surface area contributed by atoms with E-state index >= 15 is 0 Å². The summed E-state index contributed by atoms with van der Waals surface area (Å²) in [4.78, 5) is 35.2. The first kappa shape index (κ1) is 23.2. The van der Waals surface area contributed by atoms with Crippen LogP contribution in [0.4, 0.5) is 10.5 Å². The van der Waals surface area contributed by atoms with E-state index in [4.69, 9.17) is 9.47 Å². The molecule has 2 N–H and O–H groups in total. The minimum atomic E-state index is -0.286. The third-order valence-corrected chi connectivity index (χ3v) is 5.34. The summed E-state index contributed by atoms with van der Waals surface area (Å²) in [7, 11) is 3.16. The Labute approximate surface area is 190 Å². The molecule has 0 aliphatic rings. The first-order valence-electron chi connectivity index (χ1n) is 9.89. The Kier molecular flexibility index (Phi) is 8.52. The standard InChI is InChI=1S/C22H25N5O4S/c1-30-12-11-27(22(29)25-17-3-5-18(31-2)6-4-17)14-20-26-19(15-32-20)21(28)24-13-16-7-9-23-10-8-16/h3-10,15H,11-14H2,1-2H3,(H,24,28)(H,25,29). The number of anilines is 1. The van der Waals surface area contributed by atoms with Gasteiger partial charge in [0.15, 0.2) is 0 Å². The molecule has 32 heavy (non-hydrogen) atoms. The molecular formula is C22H25N5O4S. The lowest BCUT2D eigenvalue weighted by molar-refractivity contribution is 0.0946. The van der Waals surface area contributed by atoms with Crippen molar-refractivity contribution in [1.82, 2.24) is 20.2 Å². The van der Waals surface area contributed by atoms with Crippen LogP contribution in [0.1, 0.15) is 21.1 Å². The molecule has 2 aromatic heterocycles. The predicted octanol–water partition coefficient (Wildman–Crippen LogP) is 3.16. The Hall–Kier alpha value is -3.50. The van der Waals surface area contributed by atoms with Crippen LogP contribution in [0.2, 0.25) is 0 Å². The number of methoxy groups -OCH3 is 2. The van der Waals surface area contributed by atoms with Gasteiger partial charge in [-0.1, -0.05) is 0 Å². The fourth-order valence-corrected chi connectivity index (χ4v) is 3.54. The molecule has 0 aliphatic carbocycles. The Balaban J connectivity index is 1.60. The number of aromatic nitrogens is 2. The highest BCUT2D eigenvalue weighted by Crippen LogP contribution is 2.17. The van der Waals surface area contributed by atoms with Gasteiger partial charge in [0.1, 0.15) is 16.5 Å². The summed E-state index contributed by atoms with van der Waals surface area (Å²) in [5.74, 6) is 0.437. The van der Waals surface area contributed by atoms with Gasteiger partial charge in [-0.05, 0) is 42.0 Å². The lowest BCUT2D eigenvalue weighted by Crippen LogP contribution is -2.36. The molecular weight excluding hydrogens is 430 g/mol. The van der Waals surface area contributed by atoms with Crippen molar-refractivity contribution in [1.29, 1.82) is 0 Å². The van der Waals surface area contributed by atoms with E-state index in [1.54, 1.807) is 61.2 Å². The minimum absolute atomic E-state index is 0.258. The zero-order valence-corrected chi connectivity index (χ0v) is 18.7. The maximum absolute atomic E-state index is 12.8. The summed E-state index contributed by atoms with van der Waals surface area (Å²) in [5, 5.41) is 8.03. The van der Waals surface area contributed by atoms with Crippen molar-refractivity contribution in [2.24, 2.45) is 0 Å². The summed E-state index contributed by atoms with van der Waals surface area (Å²) in [6.45, 7) is 1.40. The lowest BCUT2D eigenvalue weighted by Gasteiger charge is -2.22. The summed E-state index contributed by atoms with van der Waals surface area (Å²) < 4.78 is 10.3. The number of urea groups is 1. The zero-order valence-electron chi connectivity index (χ0n) is 17.9. The number of carbonyl (C=O) groups is 2. The molecule has 0 saturated carbocycles. The Morgan fingerprint density at radius 2 is 1.84 bits per heavy atom. The van der Waals surface area contributed by atoms with E-state index < -0.39 is 0 Å². The highest BCUT2D eigenvalue weighted by molar-refractivity contribution is 7.09. The van der Waals surface area contributed by atoms with Gasteiger partial charge in [0, 0.05) is 43.7 Å². The molecule has 168 valence electrons. The van der Waals surface area contributed by atoms with E-state index in [0.717, 1.165) is 5.56 Å². The largest absolute Gasteiger partial charge is 0.497 e. The normalized spacial score (nSPS) is 10.4. The monoisotopic (exact) mass is 455 g/mol. The third-order valence-electron chi connectivity index (χ3n) is 4.51. The summed E-state index contributed by atoms with van der Waals surface area (Å²) >= 11 is 1.33. The molecule has 0 radical (unpaired) electrons. The molecule has 0 spiro atoms. The van der Waals surface area contributed by atoms with Gasteiger partial charge in [-0.2, -0.15) is 0 Å². The number of rotatable bonds is 10. The molecule has 0 bridgehead atoms. The third kappa shape index (κ3) is 6.76. The predicted molar refractivity (Wildman–Crippen MR) is 122 cm³/mol. The fraction of sp³-hybridized carbons (Fsp3) is 0.273. The molecule has 3 rings (SSSR count). The fourth-order valence-electron chi connectivity index (χ4n) is 2.76. The smallest absolute Gasteiger partial charge is 0.322 e. The van der Waals surface area contributed by atoms with Gasteiger partial charge in [-0.15, -0.1) is 11.3 Å². The van der Waals surface area contributed by atoms with E-state index in [-0.39, 0.29) is 18.5 Å². The van der Waals surface area contributed by atoms with E-state index in [9.17, 15) is 9.59 Å². The zero-order chi connectivity index (χ0) is 22.8. The van der Waals surface area contributed by atoms with Crippen LogP contribution in [0.15, 0.2) is 54.2 Å². The lowest BCUT2D eigenvalue weighted by atomic mass is 10.2. The number of thiazole rings is 1. The highest BCUT2D eigenvalue weighted by Gasteiger charge is 2.18. The second-order valence-corrected chi connectivity index (χ2v) is 7.68. The van der Waals surface area contributed by atoms with Crippen molar-refractivity contribution in [3.8, 4) is 5.75 Å². The quantitative estimate of drug-likeness (QED) is 0.487. The van der Waals surface area contributed by atoms with Gasteiger partial charge in [0.05, 0.1) is 20.3 Å². The topological polar surface area (TPSA) is 106 Å². The number of hydrogen-bond donors (Lipinski definition) is 2. The molecule has 2 heterocycles. The van der Waals surface area contributed by atoms with E-state index in [1.807, 2.05) is 12.1 Å². The Morgan fingerprint density at radius 3 is 2.53 bits per heavy atom. The van der Waals surface area contributed by atoms with Crippen molar-refractivity contribution < 1.29 is 19.1 Å². The molecule has 9 nitrogen and oxygen atoms in total. The van der Waals surface area contributed by atoms with Crippen molar-refractivity contribution in [3.05, 3.63) is 70.4 Å². The van der Waals surface area contributed by atoms with Gasteiger partial charge in [-0.25, -0.2) is 9.78 Å². The number of amides is 3. The van der Waals surface area contributed by atoms with Crippen molar-refractivity contribution in [3.63, 3.8) is 0 Å². The molecule has 0 atom stereocenters. The van der Waals surface area contributed by atoms with E-state index in [1.165, 1.54) is 11.3 Å². The number of ether oxygens (including phenoxy) is 2.